The molecule has 3 atom stereocenters. The molecule has 0 spiro atoms. The average Bonchev–Trinajstić information content (AvgIpc) is 1.45. The Hall–Kier alpha value is -2.13. The molecule has 13 nitrogen and oxygen atoms in total. The quantitative estimate of drug-likeness (QED) is 0.242. The van der Waals surface area contributed by atoms with Crippen LogP contribution in [0.2, 0.25) is 0 Å². The third-order valence-corrected chi connectivity index (χ3v) is 23.6. The molecule has 1 aromatic rings. The summed E-state index contributed by atoms with van der Waals surface area (Å²) in [7, 11) is 4.43. The third kappa shape index (κ3) is 41.7. The van der Waals surface area contributed by atoms with E-state index in [4.69, 9.17) is 0 Å². The maximum absolute atomic E-state index is 11.2. The second-order valence-corrected chi connectivity index (χ2v) is 43.1. The Morgan fingerprint density at radius 1 is 0.505 bits per heavy atom. The number of piperidine rings is 5. The number of likely N-dealkylation sites (N-methyl/N-ethyl adjacent to an activating group) is 1. The number of fused-ring (bicyclic) bond motifs is 3. The molecule has 0 amide bonds. The van der Waals surface area contributed by atoms with Crippen LogP contribution in [-0.4, -0.2) is 175 Å². The summed E-state index contributed by atoms with van der Waals surface area (Å²) in [6, 6.07) is 0. The highest BCUT2D eigenvalue weighted by atomic mass is 16.3. The molecule has 13 heteroatoms. The van der Waals surface area contributed by atoms with Gasteiger partial charge < -0.3 is 34.9 Å². The lowest BCUT2D eigenvalue weighted by atomic mass is 9.67. The number of hydrogen-bond donors (Lipinski definition) is 3. The van der Waals surface area contributed by atoms with Gasteiger partial charge in [0.25, 0.3) is 0 Å². The molecule has 3 N–H and O–H groups in total. The Morgan fingerprint density at radius 2 is 0.950 bits per heavy atom. The van der Waals surface area contributed by atoms with Crippen LogP contribution in [0.25, 0.3) is 0 Å². The number of piperazine rings is 1. The lowest BCUT2D eigenvalue weighted by Crippen LogP contribution is -2.51. The van der Waals surface area contributed by atoms with Crippen molar-refractivity contribution in [3.8, 4) is 0 Å². The van der Waals surface area contributed by atoms with E-state index in [1.54, 1.807) is 6.92 Å². The molecule has 101 heavy (non-hydrogen) atoms. The van der Waals surface area contributed by atoms with Crippen molar-refractivity contribution in [3.63, 3.8) is 0 Å². The van der Waals surface area contributed by atoms with Crippen molar-refractivity contribution in [2.24, 2.45) is 106 Å². The highest BCUT2D eigenvalue weighted by molar-refractivity contribution is 5.78. The van der Waals surface area contributed by atoms with Gasteiger partial charge in [-0.3, -0.25) is 9.89 Å². The van der Waals surface area contributed by atoms with Gasteiger partial charge in [-0.05, 0) is 267 Å². The lowest BCUT2D eigenvalue weighted by Gasteiger charge is -2.50. The summed E-state index contributed by atoms with van der Waals surface area (Å²) >= 11 is 0. The zero-order chi connectivity index (χ0) is 77.2. The molecule has 3 unspecified atom stereocenters. The molecule has 2 bridgehead atoms. The van der Waals surface area contributed by atoms with Crippen molar-refractivity contribution >= 4 is 5.78 Å². The standard InChI is InChI=1S/C12H25N.C12H22O.C11H24N2.C11H21N.C10H21N.C8H15N3.C8H14N2.C8H17NO.C8H16/c1-5-8-13-9-6-11(7-10-13)12(2,3)4;1-9(13)10-5-7-11(8-6-10)12(2,3)4;1-11(2,3)5-6-13-9-7-12(4)8-10-13;1-11(2,3)10-8-12-6-4-9(10)5-7-12;1-10(2,3)9-5-7-11(4)8-6-9;1-6-9-7(11-10-6)5-8(2,3)4;1-8(2,3)6-7-4-5-9-10-7;1-8(2,3)6-4-9-5-7(6)10;1-8(2,3)7-5-4-6-7/h11H,5-10H2,1-4H3;10-11H,5-8H2,1-4H3;5-10H2,1-4H3;9-10H,4-8H2,1-3H3;9H,5-8H2,1-4H3;5H2,1-4H3,(H,9,10,11);4H,5-6H2,1-3H3;6-7,9-10H,4-5H2,1-3H3;7H,4-6H2,1-3H3. The number of rotatable bonds is 7. The Labute approximate surface area is 628 Å². The van der Waals surface area contributed by atoms with E-state index in [1.165, 1.54) is 169 Å². The van der Waals surface area contributed by atoms with E-state index >= 15 is 0 Å². The fourth-order valence-corrected chi connectivity index (χ4v) is 15.8. The highest BCUT2D eigenvalue weighted by Gasteiger charge is 2.41. The first-order valence-electron chi connectivity index (χ1n) is 41.5. The van der Waals surface area contributed by atoms with Crippen LogP contribution in [0, 0.1) is 103 Å². The van der Waals surface area contributed by atoms with Crippen molar-refractivity contribution in [2.45, 2.75) is 323 Å². The molecule has 2 aliphatic carbocycles. The minimum absolute atomic E-state index is 0.139. The zero-order valence-corrected chi connectivity index (χ0v) is 73.5. The molecule has 11 rings (SSSR count). The second-order valence-electron chi connectivity index (χ2n) is 43.1. The number of carbonyl (C=O) groups excluding carboxylic acids is 1. The molecule has 9 fully saturated rings. The smallest absolute Gasteiger partial charge is 0.151 e. The number of hydrogen-bond acceptors (Lipinski definition) is 12. The summed E-state index contributed by atoms with van der Waals surface area (Å²) in [5.41, 5.74) is 5.10. The number of nitrogens with one attached hydrogen (secondary N) is 2. The number of β-amino-alcohol motifs (C(OH)–C–C–N with tert-alkyl or cyclic N) is 1. The van der Waals surface area contributed by atoms with E-state index in [0.29, 0.717) is 55.5 Å². The summed E-state index contributed by atoms with van der Waals surface area (Å²) in [6.45, 7) is 87.4. The number of ketones is 1. The number of allylic oxidation sites excluding steroid dienone is 1. The number of azo groups is 1. The van der Waals surface area contributed by atoms with Crippen molar-refractivity contribution in [1.82, 2.24) is 45.0 Å². The van der Waals surface area contributed by atoms with Gasteiger partial charge in [0.15, 0.2) is 5.82 Å². The van der Waals surface area contributed by atoms with E-state index in [1.807, 2.05) is 6.92 Å². The Morgan fingerprint density at radius 3 is 1.26 bits per heavy atom. The number of nitrogens with zero attached hydrogens (tertiary/aromatic N) is 9. The first-order chi connectivity index (χ1) is 46.2. The molecule has 10 aliphatic rings. The van der Waals surface area contributed by atoms with Crippen molar-refractivity contribution < 1.29 is 9.90 Å². The molecule has 8 aliphatic heterocycles. The first kappa shape index (κ1) is 94.9. The number of aliphatic hydroxyl groups excluding tert-OH is 1. The number of Topliss-reactive ketones (excluding diaryl/α,β-unsaturated/α-hetero) is 1. The number of aromatic nitrogens is 3. The summed E-state index contributed by atoms with van der Waals surface area (Å²) in [5.74, 6) is 8.73. The summed E-state index contributed by atoms with van der Waals surface area (Å²) < 4.78 is 0. The van der Waals surface area contributed by atoms with Gasteiger partial charge in [-0.1, -0.05) is 200 Å². The van der Waals surface area contributed by atoms with Gasteiger partial charge in [-0.15, -0.1) is 0 Å². The van der Waals surface area contributed by atoms with Crippen molar-refractivity contribution in [3.05, 3.63) is 23.4 Å². The van der Waals surface area contributed by atoms with Gasteiger partial charge in [0.1, 0.15) is 11.6 Å². The molecule has 0 radical (unpaired) electrons. The molecule has 1 aromatic heterocycles. The van der Waals surface area contributed by atoms with Crippen LogP contribution >= 0.6 is 0 Å². The summed E-state index contributed by atoms with van der Waals surface area (Å²) in [4.78, 5) is 28.1. The molecule has 7 saturated heterocycles. The molecule has 0 aromatic carbocycles. The average molecular weight is 1420 g/mol. The van der Waals surface area contributed by atoms with E-state index in [2.05, 4.69) is 269 Å². The van der Waals surface area contributed by atoms with Gasteiger partial charge in [0.2, 0.25) is 0 Å². The number of likely N-dealkylation sites (tertiary alicyclic amines) is 2. The van der Waals surface area contributed by atoms with Gasteiger partial charge in [-0.2, -0.15) is 15.3 Å². The van der Waals surface area contributed by atoms with Crippen LogP contribution in [0.5, 0.6) is 0 Å². The molecule has 9 heterocycles. The molecular weight excluding hydrogens is 1240 g/mol. The number of carbonyl (C=O) groups is 1. The number of aromatic amines is 1. The maximum Gasteiger partial charge on any atom is 0.151 e. The van der Waals surface area contributed by atoms with Crippen molar-refractivity contribution in [1.29, 1.82) is 0 Å². The third-order valence-electron chi connectivity index (χ3n) is 23.6. The number of H-pyrrole nitrogens is 1. The normalized spacial score (nSPS) is 25.5. The minimum Gasteiger partial charge on any atom is -0.391 e. The SMILES string of the molecule is CC(=O)C1CCC(C(C)(C)C)CC1.CC(C)(C)C1CCC1.CC(C)(C)C1CN2CCC1CC2.CC(C)(C)C1CNCC1O.CC(C)(C)CC1=CCN=N1.CCCN1CCC(C(C)(C)C)CC1.CN1CCC(C(C)(C)C)CC1.CN1CCN(CCC(C)(C)C)CC1.Cc1nc(CC(C)(C)C)n[nH]1. The highest BCUT2D eigenvalue weighted by Crippen LogP contribution is 2.44. The van der Waals surface area contributed by atoms with Crippen LogP contribution in [0.4, 0.5) is 0 Å². The molecule has 2 saturated carbocycles. The monoisotopic (exact) mass is 1420 g/mol. The number of aryl methyl sites for hydroxylation is 1. The van der Waals surface area contributed by atoms with E-state index in [9.17, 15) is 9.90 Å². The fraction of sp³-hybridized carbons (Fsp3) is 0.943. The summed E-state index contributed by atoms with van der Waals surface area (Å²) in [5, 5.41) is 27.4. The topological polar surface area (TPSA) is 132 Å². The predicted octanol–water partition coefficient (Wildman–Crippen LogP) is 20.9. The maximum atomic E-state index is 11.2. The summed E-state index contributed by atoms with van der Waals surface area (Å²) in [6.07, 6.45) is 24.2. The molecule has 594 valence electrons. The predicted molar refractivity (Wildman–Crippen MR) is 439 cm³/mol. The Balaban J connectivity index is 0.000000387. The lowest BCUT2D eigenvalue weighted by molar-refractivity contribution is -0.122. The van der Waals surface area contributed by atoms with Crippen LogP contribution < -0.4 is 5.32 Å². The largest absolute Gasteiger partial charge is 0.391 e. The van der Waals surface area contributed by atoms with E-state index < -0.39 is 0 Å². The van der Waals surface area contributed by atoms with E-state index in [-0.39, 0.29) is 16.9 Å². The zero-order valence-electron chi connectivity index (χ0n) is 73.5. The Kier molecular flexibility index (Phi) is 40.6. The van der Waals surface area contributed by atoms with Gasteiger partial charge in [-0.25, -0.2) is 4.98 Å². The Bertz CT molecular complexity index is 2390. The van der Waals surface area contributed by atoms with E-state index in [0.717, 1.165) is 98.2 Å². The second kappa shape index (κ2) is 43.2. The van der Waals surface area contributed by atoms with Gasteiger partial charge in [0, 0.05) is 64.1 Å². The molecular formula is C88H175N11O2. The van der Waals surface area contributed by atoms with Crippen LogP contribution in [0.3, 0.4) is 0 Å². The number of aliphatic hydroxyl groups is 1. The minimum atomic E-state index is -0.139. The van der Waals surface area contributed by atoms with Crippen LogP contribution in [0.1, 0.15) is 315 Å². The van der Waals surface area contributed by atoms with Gasteiger partial charge >= 0.3 is 0 Å². The first-order valence-corrected chi connectivity index (χ1v) is 41.5. The van der Waals surface area contributed by atoms with Crippen LogP contribution in [-0.2, 0) is 11.2 Å². The van der Waals surface area contributed by atoms with Crippen LogP contribution in [0.15, 0.2) is 22.0 Å². The van der Waals surface area contributed by atoms with Crippen molar-refractivity contribution in [2.75, 3.05) is 119 Å². The fourth-order valence-electron chi connectivity index (χ4n) is 15.8. The van der Waals surface area contributed by atoms with Gasteiger partial charge in [0.05, 0.1) is 18.3 Å².